The lowest BCUT2D eigenvalue weighted by Crippen LogP contribution is -2.53. The second-order valence-corrected chi connectivity index (χ2v) is 12.4. The lowest BCUT2D eigenvalue weighted by molar-refractivity contribution is -0.140. The maximum atomic E-state index is 14.1. The van der Waals surface area contributed by atoms with E-state index in [-0.39, 0.29) is 29.1 Å². The van der Waals surface area contributed by atoms with Gasteiger partial charge in [0, 0.05) is 12.6 Å². The molecule has 1 saturated carbocycles. The van der Waals surface area contributed by atoms with Crippen LogP contribution < -0.4 is 14.4 Å². The van der Waals surface area contributed by atoms with Gasteiger partial charge >= 0.3 is 0 Å². The molecule has 0 aliphatic heterocycles. The molecule has 0 saturated heterocycles. The van der Waals surface area contributed by atoms with Gasteiger partial charge in [0.1, 0.15) is 24.2 Å². The van der Waals surface area contributed by atoms with Crippen LogP contribution in [0.5, 0.6) is 5.75 Å². The van der Waals surface area contributed by atoms with Crippen LogP contribution in [0.15, 0.2) is 77.7 Å². The van der Waals surface area contributed by atoms with Crippen LogP contribution in [-0.4, -0.2) is 50.9 Å². The molecule has 3 aromatic carbocycles. The number of rotatable bonds is 12. The number of halogens is 1. The highest BCUT2D eigenvalue weighted by Gasteiger charge is 2.34. The molecule has 10 heteroatoms. The van der Waals surface area contributed by atoms with Gasteiger partial charge in [0.15, 0.2) is 0 Å². The van der Waals surface area contributed by atoms with Gasteiger partial charge in [-0.1, -0.05) is 49.6 Å². The Kier molecular flexibility index (Phi) is 10.2. The maximum Gasteiger partial charge on any atom is 0.264 e. The Balaban J connectivity index is 1.70. The Morgan fingerprint density at radius 3 is 2.17 bits per heavy atom. The number of hydrogen-bond acceptors (Lipinski definition) is 5. The van der Waals surface area contributed by atoms with E-state index in [1.807, 2.05) is 38.1 Å². The summed E-state index contributed by atoms with van der Waals surface area (Å²) < 4.78 is 47.8. The number of anilines is 1. The second-order valence-electron chi connectivity index (χ2n) is 10.6. The Labute approximate surface area is 247 Å². The van der Waals surface area contributed by atoms with Crippen LogP contribution in [0.4, 0.5) is 10.1 Å². The van der Waals surface area contributed by atoms with Gasteiger partial charge in [-0.2, -0.15) is 0 Å². The van der Waals surface area contributed by atoms with Crippen molar-refractivity contribution in [1.82, 2.24) is 10.2 Å². The van der Waals surface area contributed by atoms with E-state index in [4.69, 9.17) is 4.74 Å². The van der Waals surface area contributed by atoms with Crippen LogP contribution in [0.1, 0.15) is 50.2 Å². The minimum Gasteiger partial charge on any atom is -0.497 e. The van der Waals surface area contributed by atoms with E-state index >= 15 is 0 Å². The lowest BCUT2D eigenvalue weighted by Gasteiger charge is -2.33. The number of carbonyl (C=O) groups is 2. The lowest BCUT2D eigenvalue weighted by atomic mass is 10.1. The summed E-state index contributed by atoms with van der Waals surface area (Å²) >= 11 is 0. The molecule has 42 heavy (non-hydrogen) atoms. The van der Waals surface area contributed by atoms with Crippen molar-refractivity contribution < 1.29 is 27.1 Å². The molecule has 2 amide bonds. The highest BCUT2D eigenvalue weighted by atomic mass is 32.2. The number of nitrogens with zero attached hydrogens (tertiary/aromatic N) is 2. The van der Waals surface area contributed by atoms with Crippen LogP contribution in [0, 0.1) is 12.7 Å². The number of methoxy groups -OCH3 is 1. The first-order chi connectivity index (χ1) is 20.1. The predicted octanol–water partition coefficient (Wildman–Crippen LogP) is 5.20. The smallest absolute Gasteiger partial charge is 0.264 e. The monoisotopic (exact) mass is 595 g/mol. The van der Waals surface area contributed by atoms with Gasteiger partial charge < -0.3 is 15.0 Å². The third-order valence-electron chi connectivity index (χ3n) is 7.60. The summed E-state index contributed by atoms with van der Waals surface area (Å²) in [6.45, 7) is 3.33. The van der Waals surface area contributed by atoms with Crippen molar-refractivity contribution in [2.75, 3.05) is 18.0 Å². The van der Waals surface area contributed by atoms with E-state index < -0.39 is 34.3 Å². The topological polar surface area (TPSA) is 96.0 Å². The van der Waals surface area contributed by atoms with E-state index in [1.54, 1.807) is 0 Å². The summed E-state index contributed by atoms with van der Waals surface area (Å²) in [4.78, 5) is 29.0. The molecule has 0 radical (unpaired) electrons. The van der Waals surface area contributed by atoms with Gasteiger partial charge in [-0.3, -0.25) is 13.9 Å². The standard InChI is InChI=1S/C32H38FN3O5S/c1-4-30(32(38)34-26-7-5-6-8-26)35(21-24-11-9-23(2)10-12-24)31(37)22-36(27-15-13-25(33)14-16-27)42(39,40)29-19-17-28(41-3)18-20-29/h9-20,26,30H,4-8,21-22H2,1-3H3,(H,34,38)/t30-/m0/s1. The summed E-state index contributed by atoms with van der Waals surface area (Å²) in [7, 11) is -2.79. The first-order valence-corrected chi connectivity index (χ1v) is 15.6. The van der Waals surface area contributed by atoms with Crippen LogP contribution in [0.3, 0.4) is 0 Å². The molecular formula is C32H38FN3O5S. The first kappa shape index (κ1) is 31.0. The Morgan fingerprint density at radius 1 is 0.976 bits per heavy atom. The molecule has 8 nitrogen and oxygen atoms in total. The molecule has 0 unspecified atom stereocenters. The molecule has 1 N–H and O–H groups in total. The molecule has 3 aromatic rings. The van der Waals surface area contributed by atoms with E-state index in [2.05, 4.69) is 5.32 Å². The third-order valence-corrected chi connectivity index (χ3v) is 9.39. The molecule has 0 aromatic heterocycles. The number of sulfonamides is 1. The molecule has 1 fully saturated rings. The van der Waals surface area contributed by atoms with Gasteiger partial charge in [0.05, 0.1) is 17.7 Å². The largest absolute Gasteiger partial charge is 0.497 e. The minimum atomic E-state index is -4.26. The van der Waals surface area contributed by atoms with Crippen molar-refractivity contribution in [3.8, 4) is 5.75 Å². The number of nitrogens with one attached hydrogen (secondary N) is 1. The molecule has 224 valence electrons. The van der Waals surface area contributed by atoms with Crippen molar-refractivity contribution >= 4 is 27.5 Å². The fraction of sp³-hybridized carbons (Fsp3) is 0.375. The molecule has 0 spiro atoms. The number of aryl methyl sites for hydroxylation is 1. The van der Waals surface area contributed by atoms with Gasteiger partial charge in [0.25, 0.3) is 10.0 Å². The molecule has 1 aliphatic carbocycles. The molecule has 1 atom stereocenters. The summed E-state index contributed by atoms with van der Waals surface area (Å²) in [6.07, 6.45) is 4.23. The summed E-state index contributed by atoms with van der Waals surface area (Å²) in [5.41, 5.74) is 1.99. The quantitative estimate of drug-likeness (QED) is 0.310. The van der Waals surface area contributed by atoms with E-state index in [9.17, 15) is 22.4 Å². The average molecular weight is 596 g/mol. The molecule has 1 aliphatic rings. The molecule has 0 bridgehead atoms. The van der Waals surface area contributed by atoms with Crippen LogP contribution in [0.25, 0.3) is 0 Å². The van der Waals surface area contributed by atoms with Crippen molar-refractivity contribution in [1.29, 1.82) is 0 Å². The normalized spacial score (nSPS) is 14.3. The summed E-state index contributed by atoms with van der Waals surface area (Å²) in [6, 6.07) is 17.6. The SMILES string of the molecule is CC[C@@H](C(=O)NC1CCCC1)N(Cc1ccc(C)cc1)C(=O)CN(c1ccc(F)cc1)S(=O)(=O)c1ccc(OC)cc1. The fourth-order valence-corrected chi connectivity index (χ4v) is 6.60. The zero-order chi connectivity index (χ0) is 30.3. The highest BCUT2D eigenvalue weighted by molar-refractivity contribution is 7.92. The zero-order valence-corrected chi connectivity index (χ0v) is 25.1. The minimum absolute atomic E-state index is 0.0588. The average Bonchev–Trinajstić information content (AvgIpc) is 3.50. The van der Waals surface area contributed by atoms with Crippen LogP contribution >= 0.6 is 0 Å². The third kappa shape index (κ3) is 7.47. The van der Waals surface area contributed by atoms with Crippen LogP contribution in [-0.2, 0) is 26.2 Å². The van der Waals surface area contributed by atoms with Gasteiger partial charge in [-0.15, -0.1) is 0 Å². The number of carbonyl (C=O) groups excluding carboxylic acids is 2. The van der Waals surface area contributed by atoms with Gasteiger partial charge in [-0.05, 0) is 80.3 Å². The molecule has 4 rings (SSSR count). The summed E-state index contributed by atoms with van der Waals surface area (Å²) in [5.74, 6) is -0.870. The number of amides is 2. The van der Waals surface area contributed by atoms with Crippen molar-refractivity contribution in [2.24, 2.45) is 0 Å². The van der Waals surface area contributed by atoms with Crippen molar-refractivity contribution in [3.63, 3.8) is 0 Å². The van der Waals surface area contributed by atoms with E-state index in [0.717, 1.165) is 53.2 Å². The second kappa shape index (κ2) is 13.8. The molecular weight excluding hydrogens is 557 g/mol. The fourth-order valence-electron chi connectivity index (χ4n) is 5.19. The van der Waals surface area contributed by atoms with Gasteiger partial charge in [0.2, 0.25) is 11.8 Å². The Hall–Kier alpha value is -3.92. The molecule has 0 heterocycles. The first-order valence-electron chi connectivity index (χ1n) is 14.2. The van der Waals surface area contributed by atoms with E-state index in [1.165, 1.54) is 48.4 Å². The number of benzene rings is 3. The van der Waals surface area contributed by atoms with Crippen molar-refractivity contribution in [3.05, 3.63) is 89.7 Å². The maximum absolute atomic E-state index is 14.1. The number of hydrogen-bond donors (Lipinski definition) is 1. The Morgan fingerprint density at radius 2 is 1.60 bits per heavy atom. The predicted molar refractivity (Wildman–Crippen MR) is 160 cm³/mol. The van der Waals surface area contributed by atoms with Crippen LogP contribution in [0.2, 0.25) is 0 Å². The van der Waals surface area contributed by atoms with Crippen molar-refractivity contribution in [2.45, 2.75) is 69.5 Å². The van der Waals surface area contributed by atoms with Gasteiger partial charge in [-0.25, -0.2) is 12.8 Å². The number of ether oxygens (including phenoxy) is 1. The highest BCUT2D eigenvalue weighted by Crippen LogP contribution is 2.27. The van der Waals surface area contributed by atoms with E-state index in [0.29, 0.717) is 12.2 Å². The Bertz CT molecular complexity index is 1460. The summed E-state index contributed by atoms with van der Waals surface area (Å²) in [5, 5.41) is 3.10. The zero-order valence-electron chi connectivity index (χ0n) is 24.3.